The summed E-state index contributed by atoms with van der Waals surface area (Å²) in [4.78, 5) is 29.9. The van der Waals surface area contributed by atoms with E-state index < -0.39 is 11.5 Å². The molecule has 0 aromatic heterocycles. The number of likely N-dealkylation sites (tertiary alicyclic amines) is 2. The van der Waals surface area contributed by atoms with Crippen molar-refractivity contribution in [2.75, 3.05) is 32.9 Å². The first-order chi connectivity index (χ1) is 11.5. The minimum absolute atomic E-state index is 0.0342. The molecule has 24 heavy (non-hydrogen) atoms. The van der Waals surface area contributed by atoms with Crippen LogP contribution in [-0.2, 0) is 4.79 Å². The summed E-state index contributed by atoms with van der Waals surface area (Å²) < 4.78 is 0. The molecule has 2 heterocycles. The van der Waals surface area contributed by atoms with Crippen LogP contribution in [0.3, 0.4) is 0 Å². The van der Waals surface area contributed by atoms with Crippen molar-refractivity contribution < 1.29 is 14.7 Å². The van der Waals surface area contributed by atoms with Gasteiger partial charge in [0.15, 0.2) is 0 Å². The lowest BCUT2D eigenvalue weighted by molar-refractivity contribution is -0.154. The molecule has 1 spiro atoms. The Labute approximate surface area is 147 Å². The fourth-order valence-electron chi connectivity index (χ4n) is 3.95. The average molecular weight is 348 g/mol. The van der Waals surface area contributed by atoms with Gasteiger partial charge in [0.1, 0.15) is 0 Å². The highest BCUT2D eigenvalue weighted by molar-refractivity contribution is 7.98. The number of thioether (sulfide) groups is 1. The largest absolute Gasteiger partial charge is 0.391 e. The quantitative estimate of drug-likeness (QED) is 0.829. The van der Waals surface area contributed by atoms with E-state index in [1.165, 1.54) is 0 Å². The van der Waals surface area contributed by atoms with Crippen LogP contribution < -0.4 is 0 Å². The first kappa shape index (κ1) is 17.3. The van der Waals surface area contributed by atoms with E-state index in [4.69, 9.17) is 0 Å². The maximum absolute atomic E-state index is 12.8. The van der Waals surface area contributed by atoms with Crippen molar-refractivity contribution >= 4 is 23.6 Å². The number of piperidine rings is 2. The Hall–Kier alpha value is -1.53. The molecule has 1 aromatic rings. The van der Waals surface area contributed by atoms with Crippen LogP contribution in [0, 0.1) is 5.41 Å². The summed E-state index contributed by atoms with van der Waals surface area (Å²) in [6.45, 7) is 1.53. The van der Waals surface area contributed by atoms with Crippen LogP contribution in [0.4, 0.5) is 0 Å². The van der Waals surface area contributed by atoms with E-state index >= 15 is 0 Å². The van der Waals surface area contributed by atoms with Crippen LogP contribution in [0.1, 0.15) is 29.6 Å². The standard InChI is InChI=1S/C18H24N2O3S/c1-19-12-13(21)11-18(17(19)23)7-9-20(10-8-18)16(22)14-5-3-4-6-15(14)24-2/h3-6,13,21H,7-12H2,1-2H3. The molecule has 1 unspecified atom stereocenters. The molecule has 0 saturated carbocycles. The highest BCUT2D eigenvalue weighted by Crippen LogP contribution is 2.41. The number of carbonyl (C=O) groups excluding carboxylic acids is 2. The molecule has 2 amide bonds. The smallest absolute Gasteiger partial charge is 0.254 e. The van der Waals surface area contributed by atoms with E-state index in [9.17, 15) is 14.7 Å². The third kappa shape index (κ3) is 3.05. The number of aliphatic hydroxyl groups is 1. The van der Waals surface area contributed by atoms with Gasteiger partial charge in [-0.15, -0.1) is 11.8 Å². The van der Waals surface area contributed by atoms with Gasteiger partial charge < -0.3 is 14.9 Å². The van der Waals surface area contributed by atoms with E-state index in [0.29, 0.717) is 38.9 Å². The van der Waals surface area contributed by atoms with Crippen molar-refractivity contribution in [3.8, 4) is 0 Å². The van der Waals surface area contributed by atoms with Gasteiger partial charge in [-0.2, -0.15) is 0 Å². The summed E-state index contributed by atoms with van der Waals surface area (Å²) in [5.41, 5.74) is 0.232. The molecule has 3 rings (SSSR count). The third-order valence-corrected chi connectivity index (χ3v) is 6.05. The summed E-state index contributed by atoms with van der Waals surface area (Å²) in [6.07, 6.45) is 3.27. The second kappa shape index (κ2) is 6.76. The number of β-amino-alcohol motifs (C(OH)–C–C–N with tert-alkyl or cyclic N) is 1. The lowest BCUT2D eigenvalue weighted by Gasteiger charge is -2.47. The van der Waals surface area contributed by atoms with Crippen LogP contribution in [0.5, 0.6) is 0 Å². The highest BCUT2D eigenvalue weighted by atomic mass is 32.2. The van der Waals surface area contributed by atoms with E-state index in [-0.39, 0.29) is 11.8 Å². The molecule has 0 aliphatic carbocycles. The number of likely N-dealkylation sites (N-methyl/N-ethyl adjacent to an activating group) is 1. The van der Waals surface area contributed by atoms with Crippen LogP contribution in [0.25, 0.3) is 0 Å². The van der Waals surface area contributed by atoms with Crippen LogP contribution in [0.2, 0.25) is 0 Å². The number of carbonyl (C=O) groups is 2. The van der Waals surface area contributed by atoms with Crippen molar-refractivity contribution in [2.24, 2.45) is 5.41 Å². The molecule has 130 valence electrons. The van der Waals surface area contributed by atoms with Crippen molar-refractivity contribution in [1.29, 1.82) is 0 Å². The molecule has 2 aliphatic rings. The Balaban J connectivity index is 1.73. The van der Waals surface area contributed by atoms with Crippen LogP contribution in [-0.4, -0.2) is 65.8 Å². The molecule has 2 fully saturated rings. The lowest BCUT2D eigenvalue weighted by atomic mass is 9.71. The second-order valence-corrected chi connectivity index (χ2v) is 7.66. The van der Waals surface area contributed by atoms with Crippen molar-refractivity contribution in [3.63, 3.8) is 0 Å². The fourth-order valence-corrected chi connectivity index (χ4v) is 4.54. The summed E-state index contributed by atoms with van der Waals surface area (Å²) in [5.74, 6) is 0.149. The average Bonchev–Trinajstić information content (AvgIpc) is 2.59. The fraction of sp³-hybridized carbons (Fsp3) is 0.556. The zero-order valence-corrected chi connectivity index (χ0v) is 15.0. The zero-order valence-electron chi connectivity index (χ0n) is 14.2. The third-order valence-electron chi connectivity index (χ3n) is 5.26. The normalized spacial score (nSPS) is 23.6. The molecule has 1 aromatic carbocycles. The summed E-state index contributed by atoms with van der Waals surface area (Å²) in [6, 6.07) is 7.64. The van der Waals surface area contributed by atoms with Crippen molar-refractivity contribution in [1.82, 2.24) is 9.80 Å². The highest BCUT2D eigenvalue weighted by Gasteiger charge is 2.48. The summed E-state index contributed by atoms with van der Waals surface area (Å²) in [5, 5.41) is 10.1. The Morgan fingerprint density at radius 1 is 1.29 bits per heavy atom. The molecule has 2 aliphatic heterocycles. The van der Waals surface area contributed by atoms with Gasteiger partial charge in [0.05, 0.1) is 17.1 Å². The maximum Gasteiger partial charge on any atom is 0.254 e. The zero-order chi connectivity index (χ0) is 17.3. The van der Waals surface area contributed by atoms with Gasteiger partial charge in [-0.05, 0) is 37.7 Å². The van der Waals surface area contributed by atoms with Crippen LogP contribution in [0.15, 0.2) is 29.2 Å². The minimum atomic E-state index is -0.498. The summed E-state index contributed by atoms with van der Waals surface area (Å²) in [7, 11) is 1.75. The lowest BCUT2D eigenvalue weighted by Crippen LogP contribution is -2.56. The van der Waals surface area contributed by atoms with Gasteiger partial charge in [0, 0.05) is 31.6 Å². The van der Waals surface area contributed by atoms with Gasteiger partial charge in [0.25, 0.3) is 5.91 Å². The van der Waals surface area contributed by atoms with E-state index in [1.807, 2.05) is 35.4 Å². The Morgan fingerprint density at radius 2 is 1.96 bits per heavy atom. The SMILES string of the molecule is CSc1ccccc1C(=O)N1CCC2(CC1)CC(O)CN(C)C2=O. The Morgan fingerprint density at radius 3 is 2.62 bits per heavy atom. The van der Waals surface area contributed by atoms with Crippen molar-refractivity contribution in [3.05, 3.63) is 29.8 Å². The second-order valence-electron chi connectivity index (χ2n) is 6.82. The van der Waals surface area contributed by atoms with E-state index in [0.717, 1.165) is 10.5 Å². The number of aliphatic hydroxyl groups excluding tert-OH is 1. The summed E-state index contributed by atoms with van der Waals surface area (Å²) >= 11 is 1.57. The van der Waals surface area contributed by atoms with Gasteiger partial charge in [0.2, 0.25) is 5.91 Å². The number of rotatable bonds is 2. The van der Waals surface area contributed by atoms with Gasteiger partial charge in [-0.1, -0.05) is 12.1 Å². The predicted octanol–water partition coefficient (Wildman–Crippen LogP) is 1.85. The maximum atomic E-state index is 12.8. The predicted molar refractivity (Wildman–Crippen MR) is 94.1 cm³/mol. The number of benzene rings is 1. The number of nitrogens with zero attached hydrogens (tertiary/aromatic N) is 2. The number of amides is 2. The number of hydrogen-bond acceptors (Lipinski definition) is 4. The van der Waals surface area contributed by atoms with Gasteiger partial charge >= 0.3 is 0 Å². The van der Waals surface area contributed by atoms with Gasteiger partial charge in [-0.25, -0.2) is 0 Å². The molecular formula is C18H24N2O3S. The molecule has 0 bridgehead atoms. The topological polar surface area (TPSA) is 60.9 Å². The molecule has 5 nitrogen and oxygen atoms in total. The molecular weight excluding hydrogens is 324 g/mol. The van der Waals surface area contributed by atoms with E-state index in [2.05, 4.69) is 0 Å². The molecule has 6 heteroatoms. The van der Waals surface area contributed by atoms with Crippen molar-refractivity contribution in [2.45, 2.75) is 30.3 Å². The first-order valence-corrected chi connectivity index (χ1v) is 9.55. The molecule has 0 radical (unpaired) electrons. The monoisotopic (exact) mass is 348 g/mol. The first-order valence-electron chi connectivity index (χ1n) is 8.33. The molecule has 1 atom stereocenters. The van der Waals surface area contributed by atoms with E-state index in [1.54, 1.807) is 23.7 Å². The van der Waals surface area contributed by atoms with Gasteiger partial charge in [-0.3, -0.25) is 9.59 Å². The van der Waals surface area contributed by atoms with Crippen LogP contribution >= 0.6 is 11.8 Å². The Bertz CT molecular complexity index is 641. The number of hydrogen-bond donors (Lipinski definition) is 1. The molecule has 1 N–H and O–H groups in total. The minimum Gasteiger partial charge on any atom is -0.391 e. The molecule has 2 saturated heterocycles. The Kier molecular flexibility index (Phi) is 4.88.